The molecule has 3 rings (SSSR count). The second-order valence-electron chi connectivity index (χ2n) is 7.62. The van der Waals surface area contributed by atoms with Crippen LogP contribution in [0.1, 0.15) is 40.8 Å². The standard InChI is InChI=1S/C16H24FN2O8P/c1-9(2)26-28(22)23-8-10-12(25-15(3,4)27-28)16(5,17)13(24-10)19-7-6-11(20)18-14(19)21/h6-7,9-10,12-13H,8H2,1-5H3,(H,18,20,21)/t10-,12?,13-,16?,28?/m1/s1. The van der Waals surface area contributed by atoms with Crippen molar-refractivity contribution in [1.82, 2.24) is 9.55 Å². The van der Waals surface area contributed by atoms with Gasteiger partial charge in [-0.05, 0) is 34.6 Å². The van der Waals surface area contributed by atoms with Crippen molar-refractivity contribution < 1.29 is 32.0 Å². The number of hydrogen-bond acceptors (Lipinski definition) is 8. The van der Waals surface area contributed by atoms with Gasteiger partial charge in [0.1, 0.15) is 12.2 Å². The minimum Gasteiger partial charge on any atom is -0.346 e. The van der Waals surface area contributed by atoms with E-state index < -0.39 is 55.1 Å². The third kappa shape index (κ3) is 4.14. The van der Waals surface area contributed by atoms with Gasteiger partial charge in [-0.1, -0.05) is 0 Å². The molecule has 3 heterocycles. The van der Waals surface area contributed by atoms with E-state index in [1.165, 1.54) is 20.8 Å². The number of halogens is 1. The first-order valence-corrected chi connectivity index (χ1v) is 10.3. The van der Waals surface area contributed by atoms with Crippen molar-refractivity contribution >= 4 is 7.82 Å². The second kappa shape index (κ2) is 7.16. The molecule has 1 aromatic rings. The molecule has 2 saturated heterocycles. The van der Waals surface area contributed by atoms with E-state index in [1.54, 1.807) is 13.8 Å². The third-order valence-corrected chi connectivity index (χ3v) is 6.07. The smallest absolute Gasteiger partial charge is 0.346 e. The highest BCUT2D eigenvalue weighted by atomic mass is 31.2. The van der Waals surface area contributed by atoms with Crippen LogP contribution in [-0.2, 0) is 27.6 Å². The summed E-state index contributed by atoms with van der Waals surface area (Å²) in [6.07, 6.45) is -2.95. The zero-order valence-corrected chi connectivity index (χ0v) is 17.1. The Morgan fingerprint density at radius 1 is 1.36 bits per heavy atom. The van der Waals surface area contributed by atoms with Crippen LogP contribution in [0.25, 0.3) is 0 Å². The molecule has 1 N–H and O–H groups in total. The fourth-order valence-corrected chi connectivity index (χ4v) is 4.82. The van der Waals surface area contributed by atoms with Crippen LogP contribution in [0.2, 0.25) is 0 Å². The summed E-state index contributed by atoms with van der Waals surface area (Å²) in [5, 5.41) is 0. The molecule has 2 aliphatic rings. The molecule has 0 aliphatic carbocycles. The number of nitrogens with one attached hydrogen (secondary N) is 1. The maximum absolute atomic E-state index is 15.7. The Morgan fingerprint density at radius 3 is 2.64 bits per heavy atom. The number of nitrogens with zero attached hydrogens (tertiary/aromatic N) is 1. The van der Waals surface area contributed by atoms with Crippen LogP contribution in [0.15, 0.2) is 21.9 Å². The van der Waals surface area contributed by atoms with Crippen LogP contribution in [-0.4, -0.2) is 45.9 Å². The van der Waals surface area contributed by atoms with E-state index in [4.69, 9.17) is 23.0 Å². The molecular formula is C16H24FN2O8P. The monoisotopic (exact) mass is 422 g/mol. The lowest BCUT2D eigenvalue weighted by Gasteiger charge is -2.38. The highest BCUT2D eigenvalue weighted by molar-refractivity contribution is 7.48. The Balaban J connectivity index is 1.95. The molecule has 0 amide bonds. The van der Waals surface area contributed by atoms with Crippen LogP contribution in [0, 0.1) is 0 Å². The largest absolute Gasteiger partial charge is 0.477 e. The molecular weight excluding hydrogens is 398 g/mol. The number of phosphoric ester groups is 1. The first-order valence-electron chi connectivity index (χ1n) is 8.80. The molecule has 0 saturated carbocycles. The topological polar surface area (TPSA) is 118 Å². The molecule has 2 fully saturated rings. The van der Waals surface area contributed by atoms with E-state index in [1.807, 2.05) is 0 Å². The van der Waals surface area contributed by atoms with Gasteiger partial charge >= 0.3 is 13.5 Å². The molecule has 10 nitrogen and oxygen atoms in total. The number of alkyl halides is 1. The van der Waals surface area contributed by atoms with Crippen molar-refractivity contribution in [2.75, 3.05) is 6.61 Å². The molecule has 0 radical (unpaired) electrons. The number of rotatable bonds is 3. The molecule has 28 heavy (non-hydrogen) atoms. The fraction of sp³-hybridized carbons (Fsp3) is 0.750. The van der Waals surface area contributed by atoms with E-state index in [9.17, 15) is 14.2 Å². The van der Waals surface area contributed by atoms with Gasteiger partial charge in [0.2, 0.25) is 0 Å². The lowest BCUT2D eigenvalue weighted by Crippen LogP contribution is -2.50. The average molecular weight is 422 g/mol. The van der Waals surface area contributed by atoms with E-state index in [2.05, 4.69) is 4.98 Å². The van der Waals surface area contributed by atoms with Crippen LogP contribution < -0.4 is 11.2 Å². The zero-order valence-electron chi connectivity index (χ0n) is 16.2. The van der Waals surface area contributed by atoms with E-state index in [0.29, 0.717) is 0 Å². The van der Waals surface area contributed by atoms with Gasteiger partial charge in [-0.3, -0.25) is 27.9 Å². The summed E-state index contributed by atoms with van der Waals surface area (Å²) in [4.78, 5) is 25.5. The summed E-state index contributed by atoms with van der Waals surface area (Å²) in [7, 11) is -4.00. The molecule has 3 unspecified atom stereocenters. The number of fused-ring (bicyclic) bond motifs is 1. The maximum atomic E-state index is 15.7. The maximum Gasteiger partial charge on any atom is 0.477 e. The Hall–Kier alpha value is -1.36. The molecule has 0 spiro atoms. The van der Waals surface area contributed by atoms with Gasteiger partial charge in [-0.2, -0.15) is 0 Å². The summed E-state index contributed by atoms with van der Waals surface area (Å²) >= 11 is 0. The van der Waals surface area contributed by atoms with Gasteiger partial charge < -0.3 is 9.47 Å². The number of H-pyrrole nitrogens is 1. The van der Waals surface area contributed by atoms with Crippen molar-refractivity contribution in [2.24, 2.45) is 0 Å². The van der Waals surface area contributed by atoms with Gasteiger partial charge in [0.05, 0.1) is 12.7 Å². The molecule has 2 aliphatic heterocycles. The summed E-state index contributed by atoms with van der Waals surface area (Å²) in [6, 6.07) is 1.08. The minimum absolute atomic E-state index is 0.348. The van der Waals surface area contributed by atoms with Gasteiger partial charge in [-0.15, -0.1) is 0 Å². The van der Waals surface area contributed by atoms with Gasteiger partial charge in [0.15, 0.2) is 17.7 Å². The number of hydrogen-bond donors (Lipinski definition) is 1. The number of aromatic amines is 1. The van der Waals surface area contributed by atoms with E-state index in [-0.39, 0.29) is 6.61 Å². The molecule has 1 aromatic heterocycles. The van der Waals surface area contributed by atoms with Crippen molar-refractivity contribution in [3.8, 4) is 0 Å². The Labute approximate surface area is 160 Å². The highest BCUT2D eigenvalue weighted by Crippen LogP contribution is 2.57. The third-order valence-electron chi connectivity index (χ3n) is 4.26. The molecule has 0 aromatic carbocycles. The van der Waals surface area contributed by atoms with Crippen LogP contribution in [0.5, 0.6) is 0 Å². The predicted molar refractivity (Wildman–Crippen MR) is 94.6 cm³/mol. The summed E-state index contributed by atoms with van der Waals surface area (Å²) < 4.78 is 57.0. The van der Waals surface area contributed by atoms with Gasteiger partial charge in [0, 0.05) is 12.3 Å². The quantitative estimate of drug-likeness (QED) is 0.734. The first-order chi connectivity index (χ1) is 12.8. The predicted octanol–water partition coefficient (Wildman–Crippen LogP) is 1.86. The van der Waals surface area contributed by atoms with Crippen molar-refractivity contribution in [1.29, 1.82) is 0 Å². The number of aromatic nitrogens is 2. The molecule has 0 bridgehead atoms. The summed E-state index contributed by atoms with van der Waals surface area (Å²) in [6.45, 7) is 7.08. The van der Waals surface area contributed by atoms with Gasteiger partial charge in [-0.25, -0.2) is 13.8 Å². The Bertz CT molecular complexity index is 895. The lowest BCUT2D eigenvalue weighted by molar-refractivity contribution is -0.238. The average Bonchev–Trinajstić information content (AvgIpc) is 2.74. The molecule has 12 heteroatoms. The highest BCUT2D eigenvalue weighted by Gasteiger charge is 2.60. The number of ether oxygens (including phenoxy) is 2. The van der Waals surface area contributed by atoms with Gasteiger partial charge in [0.25, 0.3) is 5.56 Å². The SMILES string of the molecule is CC(C)OP1(=O)OC[C@H]2O[C@@H](n3ccc(=O)[nH]c3=O)C(C)(F)C2OC(C)(C)O1. The minimum atomic E-state index is -4.00. The fourth-order valence-electron chi connectivity index (χ4n) is 3.24. The Morgan fingerprint density at radius 2 is 2.04 bits per heavy atom. The zero-order chi connectivity index (χ0) is 20.9. The van der Waals surface area contributed by atoms with Crippen LogP contribution in [0.4, 0.5) is 4.39 Å². The first kappa shape index (κ1) is 21.4. The van der Waals surface area contributed by atoms with Crippen LogP contribution in [0.3, 0.4) is 0 Å². The van der Waals surface area contributed by atoms with E-state index >= 15 is 4.39 Å². The normalized spacial score (nSPS) is 38.0. The van der Waals surface area contributed by atoms with E-state index in [0.717, 1.165) is 16.8 Å². The Kier molecular flexibility index (Phi) is 5.46. The van der Waals surface area contributed by atoms with Crippen molar-refractivity contribution in [3.63, 3.8) is 0 Å². The van der Waals surface area contributed by atoms with Crippen molar-refractivity contribution in [3.05, 3.63) is 33.1 Å². The van der Waals surface area contributed by atoms with Crippen molar-refractivity contribution in [2.45, 2.75) is 70.6 Å². The lowest BCUT2D eigenvalue weighted by atomic mass is 9.98. The number of phosphoric acid groups is 1. The second-order valence-corrected chi connectivity index (χ2v) is 9.17. The molecule has 158 valence electrons. The molecule has 5 atom stereocenters. The summed E-state index contributed by atoms with van der Waals surface area (Å²) in [5.41, 5.74) is -3.65. The summed E-state index contributed by atoms with van der Waals surface area (Å²) in [5.74, 6) is -1.53. The van der Waals surface area contributed by atoms with Crippen LogP contribution >= 0.6 is 7.82 Å².